The first-order chi connectivity index (χ1) is 6.33. The second-order valence-electron chi connectivity index (χ2n) is 2.71. The van der Waals surface area contributed by atoms with Crippen molar-refractivity contribution in [3.63, 3.8) is 0 Å². The van der Waals surface area contributed by atoms with Gasteiger partial charge in [-0.05, 0) is 18.0 Å². The van der Waals surface area contributed by atoms with Gasteiger partial charge in [-0.2, -0.15) is 4.98 Å². The summed E-state index contributed by atoms with van der Waals surface area (Å²) in [5, 5.41) is 3.30. The number of halogens is 1. The van der Waals surface area contributed by atoms with Gasteiger partial charge in [-0.15, -0.1) is 0 Å². The molecule has 5 heteroatoms. The SMILES string of the molecule is CCCCCNc1ncnc(Cl)n1. The number of nitrogens with one attached hydrogen (secondary N) is 1. The Labute approximate surface area is 82.8 Å². The van der Waals surface area contributed by atoms with Gasteiger partial charge in [0, 0.05) is 6.54 Å². The van der Waals surface area contributed by atoms with Gasteiger partial charge < -0.3 is 5.32 Å². The predicted octanol–water partition coefficient (Wildman–Crippen LogP) is 2.13. The molecule has 1 aromatic rings. The Morgan fingerprint density at radius 2 is 2.23 bits per heavy atom. The number of anilines is 1. The molecule has 0 saturated carbocycles. The molecule has 0 unspecified atom stereocenters. The number of aromatic nitrogens is 3. The predicted molar refractivity (Wildman–Crippen MR) is 52.9 cm³/mol. The average Bonchev–Trinajstić information content (AvgIpc) is 2.13. The number of hydrogen-bond donors (Lipinski definition) is 1. The number of hydrogen-bond acceptors (Lipinski definition) is 4. The summed E-state index contributed by atoms with van der Waals surface area (Å²) in [6.07, 6.45) is 4.95. The summed E-state index contributed by atoms with van der Waals surface area (Å²) in [6, 6.07) is 0. The van der Waals surface area contributed by atoms with E-state index in [-0.39, 0.29) is 5.28 Å². The summed E-state index contributed by atoms with van der Waals surface area (Å²) >= 11 is 5.58. The molecule has 0 aliphatic heterocycles. The van der Waals surface area contributed by atoms with Gasteiger partial charge in [0.05, 0.1) is 0 Å². The summed E-state index contributed by atoms with van der Waals surface area (Å²) < 4.78 is 0. The highest BCUT2D eigenvalue weighted by Crippen LogP contribution is 2.02. The summed E-state index contributed by atoms with van der Waals surface area (Å²) in [4.78, 5) is 11.5. The van der Waals surface area contributed by atoms with Crippen molar-refractivity contribution in [1.82, 2.24) is 15.0 Å². The van der Waals surface area contributed by atoms with E-state index < -0.39 is 0 Å². The number of nitrogens with zero attached hydrogens (tertiary/aromatic N) is 3. The number of rotatable bonds is 5. The molecule has 0 amide bonds. The maximum Gasteiger partial charge on any atom is 0.227 e. The van der Waals surface area contributed by atoms with Gasteiger partial charge in [0.2, 0.25) is 11.2 Å². The van der Waals surface area contributed by atoms with E-state index in [4.69, 9.17) is 11.6 Å². The molecule has 1 heterocycles. The standard InChI is InChI=1S/C8H13ClN4/c1-2-3-4-5-10-8-12-6-11-7(9)13-8/h6H,2-5H2,1H3,(H,10,11,12,13). The van der Waals surface area contributed by atoms with Crippen molar-refractivity contribution in [2.24, 2.45) is 0 Å². The Morgan fingerprint density at radius 3 is 2.92 bits per heavy atom. The van der Waals surface area contributed by atoms with Gasteiger partial charge in [0.15, 0.2) is 0 Å². The van der Waals surface area contributed by atoms with Crippen molar-refractivity contribution < 1.29 is 0 Å². The van der Waals surface area contributed by atoms with Crippen molar-refractivity contribution in [3.8, 4) is 0 Å². The third-order valence-corrected chi connectivity index (χ3v) is 1.79. The molecule has 0 aliphatic rings. The Morgan fingerprint density at radius 1 is 1.38 bits per heavy atom. The van der Waals surface area contributed by atoms with Crippen molar-refractivity contribution in [2.45, 2.75) is 26.2 Å². The molecule has 0 saturated heterocycles. The molecule has 1 aromatic heterocycles. The first-order valence-electron chi connectivity index (χ1n) is 4.41. The minimum atomic E-state index is 0.230. The van der Waals surface area contributed by atoms with Gasteiger partial charge in [-0.3, -0.25) is 0 Å². The molecule has 0 atom stereocenters. The molecule has 72 valence electrons. The quantitative estimate of drug-likeness (QED) is 0.740. The maximum absolute atomic E-state index is 5.58. The lowest BCUT2D eigenvalue weighted by molar-refractivity contribution is 0.740. The normalized spacial score (nSPS) is 10.0. The van der Waals surface area contributed by atoms with Gasteiger partial charge in [0.25, 0.3) is 0 Å². The van der Waals surface area contributed by atoms with Crippen LogP contribution in [0.5, 0.6) is 0 Å². The summed E-state index contributed by atoms with van der Waals surface area (Å²) in [5.74, 6) is 0.552. The van der Waals surface area contributed by atoms with E-state index in [1.54, 1.807) is 0 Å². The largest absolute Gasteiger partial charge is 0.354 e. The zero-order valence-electron chi connectivity index (χ0n) is 7.63. The van der Waals surface area contributed by atoms with Crippen LogP contribution in [-0.4, -0.2) is 21.5 Å². The van der Waals surface area contributed by atoms with Crippen molar-refractivity contribution in [1.29, 1.82) is 0 Å². The van der Waals surface area contributed by atoms with E-state index in [1.165, 1.54) is 19.2 Å². The molecule has 13 heavy (non-hydrogen) atoms. The first-order valence-corrected chi connectivity index (χ1v) is 4.79. The maximum atomic E-state index is 5.58. The van der Waals surface area contributed by atoms with Gasteiger partial charge >= 0.3 is 0 Å². The van der Waals surface area contributed by atoms with Crippen LogP contribution in [0.25, 0.3) is 0 Å². The van der Waals surface area contributed by atoms with E-state index in [0.29, 0.717) is 5.95 Å². The molecule has 0 aromatic carbocycles. The van der Waals surface area contributed by atoms with Crippen LogP contribution < -0.4 is 5.32 Å². The van der Waals surface area contributed by atoms with E-state index in [0.717, 1.165) is 13.0 Å². The van der Waals surface area contributed by atoms with Crippen LogP contribution in [-0.2, 0) is 0 Å². The van der Waals surface area contributed by atoms with Crippen LogP contribution in [0.2, 0.25) is 5.28 Å². The Hall–Kier alpha value is -0.900. The molecule has 1 N–H and O–H groups in total. The monoisotopic (exact) mass is 200 g/mol. The molecule has 0 fully saturated rings. The molecule has 0 aliphatic carbocycles. The van der Waals surface area contributed by atoms with Gasteiger partial charge in [0.1, 0.15) is 6.33 Å². The van der Waals surface area contributed by atoms with Crippen LogP contribution in [0, 0.1) is 0 Å². The van der Waals surface area contributed by atoms with Crippen LogP contribution in [0.15, 0.2) is 6.33 Å². The molecular weight excluding hydrogens is 188 g/mol. The minimum absolute atomic E-state index is 0.230. The molecular formula is C8H13ClN4. The van der Waals surface area contributed by atoms with Crippen molar-refractivity contribution in [3.05, 3.63) is 11.6 Å². The molecule has 0 bridgehead atoms. The fourth-order valence-corrected chi connectivity index (χ4v) is 1.06. The molecule has 1 rings (SSSR count). The van der Waals surface area contributed by atoms with E-state index >= 15 is 0 Å². The van der Waals surface area contributed by atoms with Crippen LogP contribution in [0.1, 0.15) is 26.2 Å². The zero-order chi connectivity index (χ0) is 9.52. The van der Waals surface area contributed by atoms with E-state index in [9.17, 15) is 0 Å². The first kappa shape index (κ1) is 10.2. The Bertz CT molecular complexity index is 254. The summed E-state index contributed by atoms with van der Waals surface area (Å²) in [6.45, 7) is 3.05. The summed E-state index contributed by atoms with van der Waals surface area (Å²) in [7, 11) is 0. The minimum Gasteiger partial charge on any atom is -0.354 e. The highest BCUT2D eigenvalue weighted by Gasteiger charge is 1.95. The van der Waals surface area contributed by atoms with Crippen molar-refractivity contribution in [2.75, 3.05) is 11.9 Å². The fourth-order valence-electron chi connectivity index (χ4n) is 0.937. The highest BCUT2D eigenvalue weighted by molar-refractivity contribution is 6.28. The smallest absolute Gasteiger partial charge is 0.227 e. The van der Waals surface area contributed by atoms with Crippen LogP contribution in [0.4, 0.5) is 5.95 Å². The zero-order valence-corrected chi connectivity index (χ0v) is 8.38. The molecule has 0 spiro atoms. The lowest BCUT2D eigenvalue weighted by Gasteiger charge is -2.02. The molecule has 4 nitrogen and oxygen atoms in total. The third-order valence-electron chi connectivity index (χ3n) is 1.61. The molecule has 0 radical (unpaired) electrons. The van der Waals surface area contributed by atoms with Crippen LogP contribution >= 0.6 is 11.6 Å². The van der Waals surface area contributed by atoms with Gasteiger partial charge in [-0.1, -0.05) is 19.8 Å². The number of unbranched alkanes of at least 4 members (excludes halogenated alkanes) is 2. The Kier molecular flexibility index (Phi) is 4.46. The second-order valence-corrected chi connectivity index (χ2v) is 3.05. The topological polar surface area (TPSA) is 50.7 Å². The lowest BCUT2D eigenvalue weighted by atomic mass is 10.2. The Balaban J connectivity index is 2.28. The third kappa shape index (κ3) is 4.03. The van der Waals surface area contributed by atoms with Crippen molar-refractivity contribution >= 4 is 17.5 Å². The van der Waals surface area contributed by atoms with Crippen LogP contribution in [0.3, 0.4) is 0 Å². The van der Waals surface area contributed by atoms with Gasteiger partial charge in [-0.25, -0.2) is 9.97 Å². The van der Waals surface area contributed by atoms with E-state index in [2.05, 4.69) is 27.2 Å². The lowest BCUT2D eigenvalue weighted by Crippen LogP contribution is -2.05. The highest BCUT2D eigenvalue weighted by atomic mass is 35.5. The second kappa shape index (κ2) is 5.70. The fraction of sp³-hybridized carbons (Fsp3) is 0.625. The van der Waals surface area contributed by atoms with E-state index in [1.807, 2.05) is 0 Å². The summed E-state index contributed by atoms with van der Waals surface area (Å²) in [5.41, 5.74) is 0. The average molecular weight is 201 g/mol.